The molecule has 1 aliphatic carbocycles. The van der Waals surface area contributed by atoms with Gasteiger partial charge in [0, 0.05) is 34.9 Å². The molecule has 1 aliphatic heterocycles. The molecule has 162 valence electrons. The first kappa shape index (κ1) is 21.0. The zero-order valence-electron chi connectivity index (χ0n) is 16.4. The smallest absolute Gasteiger partial charge is 0.416 e. The van der Waals surface area contributed by atoms with E-state index in [1.165, 1.54) is 12.1 Å². The van der Waals surface area contributed by atoms with Crippen molar-refractivity contribution < 1.29 is 23.1 Å². The van der Waals surface area contributed by atoms with Gasteiger partial charge in [-0.3, -0.25) is 9.48 Å². The number of hydrogen-bond acceptors (Lipinski definition) is 3. The van der Waals surface area contributed by atoms with Gasteiger partial charge in [-0.1, -0.05) is 17.7 Å². The lowest BCUT2D eigenvalue weighted by Crippen LogP contribution is -2.37. The summed E-state index contributed by atoms with van der Waals surface area (Å²) in [6, 6.07) is 3.83. The van der Waals surface area contributed by atoms with E-state index in [1.807, 2.05) is 0 Å². The van der Waals surface area contributed by atoms with Crippen LogP contribution >= 0.6 is 11.6 Å². The average Bonchev–Trinajstić information content (AvgIpc) is 3.07. The van der Waals surface area contributed by atoms with Gasteiger partial charge in [0.2, 0.25) is 0 Å². The van der Waals surface area contributed by atoms with Gasteiger partial charge in [0.05, 0.1) is 18.0 Å². The third-order valence-electron chi connectivity index (χ3n) is 6.11. The highest BCUT2D eigenvalue weighted by Gasteiger charge is 2.35. The molecule has 1 aromatic heterocycles. The van der Waals surface area contributed by atoms with Gasteiger partial charge < -0.3 is 10.0 Å². The fraction of sp³-hybridized carbons (Fsp3) is 0.524. The predicted octanol–water partition coefficient (Wildman–Crippen LogP) is 4.78. The number of carbonyl (C=O) groups is 1. The minimum absolute atomic E-state index is 0.0266. The van der Waals surface area contributed by atoms with Crippen molar-refractivity contribution in [1.29, 1.82) is 0 Å². The highest BCUT2D eigenvalue weighted by molar-refractivity contribution is 6.31. The fourth-order valence-corrected chi connectivity index (χ4v) is 4.74. The van der Waals surface area contributed by atoms with E-state index in [0.29, 0.717) is 25.9 Å². The lowest BCUT2D eigenvalue weighted by molar-refractivity contribution is -0.142. The van der Waals surface area contributed by atoms with Gasteiger partial charge in [0.25, 0.3) is 0 Å². The molecule has 4 rings (SSSR count). The van der Waals surface area contributed by atoms with Crippen LogP contribution in [0.25, 0.3) is 0 Å². The summed E-state index contributed by atoms with van der Waals surface area (Å²) in [6.45, 7) is 1.13. The third kappa shape index (κ3) is 4.02. The first-order chi connectivity index (χ1) is 14.3. The van der Waals surface area contributed by atoms with E-state index in [2.05, 4.69) is 4.90 Å². The molecule has 0 saturated carbocycles. The van der Waals surface area contributed by atoms with Crippen molar-refractivity contribution in [3.05, 3.63) is 45.6 Å². The van der Waals surface area contributed by atoms with Crippen molar-refractivity contribution in [2.45, 2.75) is 51.2 Å². The Bertz CT molecular complexity index is 950. The van der Waals surface area contributed by atoms with Gasteiger partial charge in [-0.15, -0.1) is 0 Å². The van der Waals surface area contributed by atoms with Crippen LogP contribution in [0.3, 0.4) is 0 Å². The molecule has 0 bridgehead atoms. The van der Waals surface area contributed by atoms with Crippen molar-refractivity contribution >= 4 is 23.4 Å². The van der Waals surface area contributed by atoms with E-state index in [9.17, 15) is 23.1 Å². The summed E-state index contributed by atoms with van der Waals surface area (Å²) in [4.78, 5) is 13.3. The minimum atomic E-state index is -4.49. The number of nitrogens with zero attached hydrogens (tertiary/aromatic N) is 3. The molecule has 2 heterocycles. The van der Waals surface area contributed by atoms with Crippen LogP contribution in [0.5, 0.6) is 0 Å². The second-order valence-corrected chi connectivity index (χ2v) is 8.38. The first-order valence-electron chi connectivity index (χ1n) is 10.2. The maximum atomic E-state index is 13.5. The molecule has 2 aliphatic rings. The Kier molecular flexibility index (Phi) is 5.70. The topological polar surface area (TPSA) is 58.4 Å². The lowest BCUT2D eigenvalue weighted by atomic mass is 9.94. The zero-order chi connectivity index (χ0) is 21.5. The number of aliphatic carboxylic acids is 1. The maximum Gasteiger partial charge on any atom is 0.416 e. The number of benzene rings is 1. The molecule has 30 heavy (non-hydrogen) atoms. The number of hydrogen-bond donors (Lipinski definition) is 1. The zero-order valence-corrected chi connectivity index (χ0v) is 17.1. The summed E-state index contributed by atoms with van der Waals surface area (Å²) in [6.07, 6.45) is 0.164. The summed E-state index contributed by atoms with van der Waals surface area (Å²) in [5.74, 6) is -0.341. The largest absolute Gasteiger partial charge is 0.481 e. The Morgan fingerprint density at radius 1 is 1.20 bits per heavy atom. The number of piperidine rings is 1. The average molecular weight is 442 g/mol. The van der Waals surface area contributed by atoms with Crippen LogP contribution in [-0.2, 0) is 30.4 Å². The maximum absolute atomic E-state index is 13.5. The molecule has 0 amide bonds. The third-order valence-corrected chi connectivity index (χ3v) is 6.47. The number of anilines is 1. The summed E-state index contributed by atoms with van der Waals surface area (Å²) in [5, 5.41) is 14.0. The molecule has 1 aromatic carbocycles. The standard InChI is InChI=1S/C21H23ClF3N3O2/c22-17-6-3-5-16(21(23,24)25)15(17)12-28-18-7-2-1-4-14(18)19(26-28)27-10-8-13(9-11-27)20(29)30/h3,5-6,13H,1-2,4,7-12H2,(H,29,30). The van der Waals surface area contributed by atoms with Crippen LogP contribution < -0.4 is 4.90 Å². The van der Waals surface area contributed by atoms with E-state index in [-0.39, 0.29) is 23.0 Å². The van der Waals surface area contributed by atoms with Gasteiger partial charge >= 0.3 is 12.1 Å². The Morgan fingerprint density at radius 3 is 2.57 bits per heavy atom. The molecule has 9 heteroatoms. The van der Waals surface area contributed by atoms with Gasteiger partial charge in [-0.2, -0.15) is 18.3 Å². The molecule has 5 nitrogen and oxygen atoms in total. The number of rotatable bonds is 4. The monoisotopic (exact) mass is 441 g/mol. The molecule has 0 unspecified atom stereocenters. The van der Waals surface area contributed by atoms with Gasteiger partial charge in [-0.05, 0) is 50.7 Å². The molecule has 2 aromatic rings. The number of carboxylic acids is 1. The molecule has 1 fully saturated rings. The van der Waals surface area contributed by atoms with Crippen LogP contribution in [0.2, 0.25) is 5.02 Å². The van der Waals surface area contributed by atoms with Crippen LogP contribution in [0.1, 0.15) is 48.1 Å². The van der Waals surface area contributed by atoms with E-state index in [1.54, 1.807) is 4.68 Å². The SMILES string of the molecule is O=C(O)C1CCN(c2nn(Cc3c(Cl)cccc3C(F)(F)F)c3c2CCCC3)CC1. The summed E-state index contributed by atoms with van der Waals surface area (Å²) in [5.41, 5.74) is 1.33. The van der Waals surface area contributed by atoms with E-state index < -0.39 is 17.7 Å². The molecular weight excluding hydrogens is 419 g/mol. The lowest BCUT2D eigenvalue weighted by Gasteiger charge is -2.31. The number of aromatic nitrogens is 2. The van der Waals surface area contributed by atoms with E-state index in [0.717, 1.165) is 48.8 Å². The van der Waals surface area contributed by atoms with Crippen molar-refractivity contribution in [2.24, 2.45) is 5.92 Å². The van der Waals surface area contributed by atoms with Gasteiger partial charge in [0.1, 0.15) is 0 Å². The Morgan fingerprint density at radius 2 is 1.90 bits per heavy atom. The molecule has 0 radical (unpaired) electrons. The summed E-state index contributed by atoms with van der Waals surface area (Å²) < 4.78 is 42.2. The van der Waals surface area contributed by atoms with Crippen molar-refractivity contribution in [1.82, 2.24) is 9.78 Å². The quantitative estimate of drug-likeness (QED) is 0.741. The number of fused-ring (bicyclic) bond motifs is 1. The summed E-state index contributed by atoms with van der Waals surface area (Å²) in [7, 11) is 0. The second kappa shape index (κ2) is 8.13. The molecule has 1 N–H and O–H groups in total. The molecule has 0 spiro atoms. The first-order valence-corrected chi connectivity index (χ1v) is 10.5. The highest BCUT2D eigenvalue weighted by Crippen LogP contribution is 2.37. The van der Waals surface area contributed by atoms with Crippen LogP contribution in [0.4, 0.5) is 19.0 Å². The fourth-order valence-electron chi connectivity index (χ4n) is 4.51. The Hall–Kier alpha value is -2.22. The number of alkyl halides is 3. The normalized spacial score (nSPS) is 17.8. The molecule has 1 saturated heterocycles. The summed E-state index contributed by atoms with van der Waals surface area (Å²) >= 11 is 6.16. The van der Waals surface area contributed by atoms with Crippen molar-refractivity contribution in [2.75, 3.05) is 18.0 Å². The molecular formula is C21H23ClF3N3O2. The van der Waals surface area contributed by atoms with E-state index >= 15 is 0 Å². The van der Waals surface area contributed by atoms with Gasteiger partial charge in [0.15, 0.2) is 5.82 Å². The van der Waals surface area contributed by atoms with Crippen LogP contribution in [0, 0.1) is 5.92 Å². The van der Waals surface area contributed by atoms with E-state index in [4.69, 9.17) is 16.7 Å². The second-order valence-electron chi connectivity index (χ2n) is 7.98. The minimum Gasteiger partial charge on any atom is -0.481 e. The number of carboxylic acid groups (broad SMARTS) is 1. The van der Waals surface area contributed by atoms with Crippen LogP contribution in [-0.4, -0.2) is 33.9 Å². The van der Waals surface area contributed by atoms with Crippen LogP contribution in [0.15, 0.2) is 18.2 Å². The Balaban J connectivity index is 1.67. The van der Waals surface area contributed by atoms with Gasteiger partial charge in [-0.25, -0.2) is 0 Å². The Labute approximate surface area is 177 Å². The number of halogens is 4. The predicted molar refractivity (Wildman–Crippen MR) is 107 cm³/mol. The van der Waals surface area contributed by atoms with Crippen molar-refractivity contribution in [3.63, 3.8) is 0 Å². The van der Waals surface area contributed by atoms with Crippen molar-refractivity contribution in [3.8, 4) is 0 Å². The molecule has 0 atom stereocenters. The highest BCUT2D eigenvalue weighted by atomic mass is 35.5.